The van der Waals surface area contributed by atoms with Crippen LogP contribution in [0.25, 0.3) is 0 Å². The van der Waals surface area contributed by atoms with Crippen LogP contribution in [0.4, 0.5) is 5.82 Å². The lowest BCUT2D eigenvalue weighted by molar-refractivity contribution is 0.0746. The molecule has 0 atom stereocenters. The molecule has 0 N–H and O–H groups in total. The molecule has 0 spiro atoms. The SMILES string of the molecule is CCOc1c(Cl)cc(C(=O)N2CCN(c3cc(C)nc(C(C)C)n3)CC2)cc1OC. The van der Waals surface area contributed by atoms with Gasteiger partial charge in [-0.3, -0.25) is 4.79 Å². The van der Waals surface area contributed by atoms with E-state index in [2.05, 4.69) is 23.7 Å². The molecule has 1 saturated heterocycles. The molecule has 2 aromatic rings. The van der Waals surface area contributed by atoms with Crippen molar-refractivity contribution >= 4 is 23.3 Å². The number of ether oxygens (including phenoxy) is 2. The second kappa shape index (κ2) is 9.51. The van der Waals surface area contributed by atoms with Crippen LogP contribution in [0.5, 0.6) is 11.5 Å². The minimum Gasteiger partial charge on any atom is -0.493 e. The van der Waals surface area contributed by atoms with E-state index < -0.39 is 0 Å². The zero-order chi connectivity index (χ0) is 21.8. The molecule has 1 aliphatic heterocycles. The van der Waals surface area contributed by atoms with Crippen LogP contribution in [0.3, 0.4) is 0 Å². The Morgan fingerprint density at radius 1 is 1.17 bits per heavy atom. The number of rotatable bonds is 6. The lowest BCUT2D eigenvalue weighted by Crippen LogP contribution is -2.49. The number of aromatic nitrogens is 2. The van der Waals surface area contributed by atoms with Crippen LogP contribution < -0.4 is 14.4 Å². The quantitative estimate of drug-likeness (QED) is 0.688. The number of piperazine rings is 1. The van der Waals surface area contributed by atoms with Crippen molar-refractivity contribution in [2.45, 2.75) is 33.6 Å². The Balaban J connectivity index is 1.72. The van der Waals surface area contributed by atoms with Crippen molar-refractivity contribution in [1.82, 2.24) is 14.9 Å². The first-order valence-corrected chi connectivity index (χ1v) is 10.6. The zero-order valence-electron chi connectivity index (χ0n) is 18.2. The lowest BCUT2D eigenvalue weighted by atomic mass is 10.1. The average Bonchev–Trinajstić information content (AvgIpc) is 2.74. The molecule has 0 aliphatic carbocycles. The molecule has 30 heavy (non-hydrogen) atoms. The second-order valence-electron chi connectivity index (χ2n) is 7.58. The maximum absolute atomic E-state index is 13.1. The lowest BCUT2D eigenvalue weighted by Gasteiger charge is -2.35. The predicted molar refractivity (Wildman–Crippen MR) is 118 cm³/mol. The van der Waals surface area contributed by atoms with Gasteiger partial charge in [-0.05, 0) is 26.0 Å². The summed E-state index contributed by atoms with van der Waals surface area (Å²) in [5.41, 5.74) is 1.45. The number of nitrogens with zero attached hydrogens (tertiary/aromatic N) is 4. The van der Waals surface area contributed by atoms with Gasteiger partial charge in [-0.15, -0.1) is 0 Å². The Morgan fingerprint density at radius 3 is 2.47 bits per heavy atom. The summed E-state index contributed by atoms with van der Waals surface area (Å²) >= 11 is 6.34. The van der Waals surface area contributed by atoms with Gasteiger partial charge in [0.25, 0.3) is 5.91 Å². The highest BCUT2D eigenvalue weighted by Gasteiger charge is 2.25. The third-order valence-electron chi connectivity index (χ3n) is 5.03. The smallest absolute Gasteiger partial charge is 0.254 e. The van der Waals surface area contributed by atoms with Crippen molar-refractivity contribution in [3.63, 3.8) is 0 Å². The maximum atomic E-state index is 13.1. The molecule has 1 aliphatic rings. The fourth-order valence-electron chi connectivity index (χ4n) is 3.44. The number of anilines is 1. The van der Waals surface area contributed by atoms with E-state index in [1.807, 2.05) is 24.8 Å². The molecular weight excluding hydrogens is 404 g/mol. The Morgan fingerprint density at radius 2 is 1.87 bits per heavy atom. The zero-order valence-corrected chi connectivity index (χ0v) is 19.0. The molecule has 3 rings (SSSR count). The number of hydrogen-bond donors (Lipinski definition) is 0. The first-order chi connectivity index (χ1) is 14.3. The maximum Gasteiger partial charge on any atom is 0.254 e. The van der Waals surface area contributed by atoms with Gasteiger partial charge in [0, 0.05) is 49.4 Å². The van der Waals surface area contributed by atoms with Gasteiger partial charge in [0.15, 0.2) is 11.5 Å². The third kappa shape index (κ3) is 4.78. The van der Waals surface area contributed by atoms with Crippen molar-refractivity contribution in [3.8, 4) is 11.5 Å². The Kier molecular flexibility index (Phi) is 7.02. The summed E-state index contributed by atoms with van der Waals surface area (Å²) in [5.74, 6) is 2.89. The molecule has 0 radical (unpaired) electrons. The van der Waals surface area contributed by atoms with Crippen molar-refractivity contribution < 1.29 is 14.3 Å². The molecule has 8 heteroatoms. The van der Waals surface area contributed by atoms with Crippen LogP contribution in [0.15, 0.2) is 18.2 Å². The number of carbonyl (C=O) groups is 1. The number of carbonyl (C=O) groups excluding carboxylic acids is 1. The summed E-state index contributed by atoms with van der Waals surface area (Å²) in [6.07, 6.45) is 0. The number of benzene rings is 1. The fraction of sp³-hybridized carbons (Fsp3) is 0.500. The molecule has 0 bridgehead atoms. The molecule has 1 amide bonds. The molecule has 1 aromatic heterocycles. The van der Waals surface area contributed by atoms with E-state index in [1.54, 1.807) is 12.1 Å². The summed E-state index contributed by atoms with van der Waals surface area (Å²) in [5, 5.41) is 0.371. The number of amides is 1. The first-order valence-electron chi connectivity index (χ1n) is 10.2. The van der Waals surface area contributed by atoms with Crippen LogP contribution in [-0.4, -0.2) is 60.7 Å². The second-order valence-corrected chi connectivity index (χ2v) is 7.99. The number of methoxy groups -OCH3 is 1. The van der Waals surface area contributed by atoms with Crippen LogP contribution in [0.2, 0.25) is 5.02 Å². The monoisotopic (exact) mass is 432 g/mol. The van der Waals surface area contributed by atoms with Crippen LogP contribution >= 0.6 is 11.6 Å². The molecular formula is C22H29ClN4O3. The summed E-state index contributed by atoms with van der Waals surface area (Å²) in [4.78, 5) is 26.3. The normalized spacial score (nSPS) is 14.2. The van der Waals surface area contributed by atoms with Gasteiger partial charge in [0.2, 0.25) is 0 Å². The predicted octanol–water partition coefficient (Wildman–Crippen LogP) is 3.93. The van der Waals surface area contributed by atoms with Crippen molar-refractivity contribution in [1.29, 1.82) is 0 Å². The van der Waals surface area contributed by atoms with Gasteiger partial charge < -0.3 is 19.3 Å². The van der Waals surface area contributed by atoms with Gasteiger partial charge >= 0.3 is 0 Å². The van der Waals surface area contributed by atoms with Crippen molar-refractivity contribution in [2.75, 3.05) is 44.8 Å². The highest BCUT2D eigenvalue weighted by Crippen LogP contribution is 2.36. The topological polar surface area (TPSA) is 67.8 Å². The summed E-state index contributed by atoms with van der Waals surface area (Å²) in [6.45, 7) is 11.1. The summed E-state index contributed by atoms with van der Waals surface area (Å²) < 4.78 is 10.9. The van der Waals surface area contributed by atoms with Gasteiger partial charge in [-0.1, -0.05) is 25.4 Å². The summed E-state index contributed by atoms with van der Waals surface area (Å²) in [6, 6.07) is 5.33. The van der Waals surface area contributed by atoms with E-state index in [1.165, 1.54) is 7.11 Å². The third-order valence-corrected chi connectivity index (χ3v) is 5.31. The van der Waals surface area contributed by atoms with Gasteiger partial charge in [-0.2, -0.15) is 0 Å². The summed E-state index contributed by atoms with van der Waals surface area (Å²) in [7, 11) is 1.54. The standard InChI is InChI=1S/C22H29ClN4O3/c1-6-30-20-17(23)12-16(13-18(20)29-5)22(28)27-9-7-26(8-10-27)19-11-15(4)24-21(25-19)14(2)3/h11-14H,6-10H2,1-5H3. The van der Waals surface area contributed by atoms with E-state index in [4.69, 9.17) is 26.1 Å². The number of halogens is 1. The largest absolute Gasteiger partial charge is 0.493 e. The minimum atomic E-state index is -0.0698. The van der Waals surface area contributed by atoms with Gasteiger partial charge in [0.1, 0.15) is 11.6 Å². The molecule has 7 nitrogen and oxygen atoms in total. The van der Waals surface area contributed by atoms with Crippen molar-refractivity contribution in [3.05, 3.63) is 40.3 Å². The molecule has 2 heterocycles. The molecule has 162 valence electrons. The van der Waals surface area contributed by atoms with E-state index in [0.717, 1.165) is 17.3 Å². The minimum absolute atomic E-state index is 0.0698. The fourth-order valence-corrected chi connectivity index (χ4v) is 3.71. The number of aryl methyl sites for hydroxylation is 1. The molecule has 1 aromatic carbocycles. The Bertz CT molecular complexity index is 911. The van der Waals surface area contributed by atoms with Crippen LogP contribution in [0.1, 0.15) is 48.6 Å². The first kappa shape index (κ1) is 22.2. The van der Waals surface area contributed by atoms with Gasteiger partial charge in [0.05, 0.1) is 18.7 Å². The Labute approximate surface area is 183 Å². The van der Waals surface area contributed by atoms with Crippen LogP contribution in [0, 0.1) is 6.92 Å². The number of hydrogen-bond acceptors (Lipinski definition) is 6. The Hall–Kier alpha value is -2.54. The molecule has 0 unspecified atom stereocenters. The van der Waals surface area contributed by atoms with Crippen LogP contribution in [-0.2, 0) is 0 Å². The highest BCUT2D eigenvalue weighted by atomic mass is 35.5. The van der Waals surface area contributed by atoms with Gasteiger partial charge in [-0.25, -0.2) is 9.97 Å². The van der Waals surface area contributed by atoms with Crippen molar-refractivity contribution in [2.24, 2.45) is 0 Å². The van der Waals surface area contributed by atoms with E-state index >= 15 is 0 Å². The highest BCUT2D eigenvalue weighted by molar-refractivity contribution is 6.32. The molecule has 1 fully saturated rings. The molecule has 0 saturated carbocycles. The average molecular weight is 433 g/mol. The van der Waals surface area contributed by atoms with E-state index in [9.17, 15) is 4.79 Å². The van der Waals surface area contributed by atoms with E-state index in [-0.39, 0.29) is 11.8 Å². The van der Waals surface area contributed by atoms with E-state index in [0.29, 0.717) is 54.9 Å².